The minimum Gasteiger partial charge on any atom is -0.391 e. The van der Waals surface area contributed by atoms with E-state index in [9.17, 15) is 18.0 Å². The van der Waals surface area contributed by atoms with Gasteiger partial charge in [0.2, 0.25) is 0 Å². The topological polar surface area (TPSA) is 72.6 Å². The van der Waals surface area contributed by atoms with Crippen molar-refractivity contribution in [1.29, 1.82) is 0 Å². The number of rotatable bonds is 11. The number of halogens is 4. The van der Waals surface area contributed by atoms with Gasteiger partial charge in [-0.15, -0.1) is 0 Å². The van der Waals surface area contributed by atoms with Crippen LogP contribution in [0.2, 0.25) is 5.15 Å². The van der Waals surface area contributed by atoms with Gasteiger partial charge in [-0.2, -0.15) is 30.0 Å². The summed E-state index contributed by atoms with van der Waals surface area (Å²) in [6.07, 6.45) is -0.452. The van der Waals surface area contributed by atoms with Gasteiger partial charge in [-0.05, 0) is 24.6 Å². The lowest BCUT2D eigenvalue weighted by atomic mass is 10.2. The maximum Gasteiger partial charge on any atom is 0.389 e. The van der Waals surface area contributed by atoms with E-state index >= 15 is 0 Å². The summed E-state index contributed by atoms with van der Waals surface area (Å²) in [5, 5.41) is 8.31. The number of amides is 1. The second-order valence-electron chi connectivity index (χ2n) is 7.23. The van der Waals surface area contributed by atoms with Gasteiger partial charge in [0.15, 0.2) is 10.9 Å². The van der Waals surface area contributed by atoms with Crippen LogP contribution >= 0.6 is 23.4 Å². The van der Waals surface area contributed by atoms with E-state index in [2.05, 4.69) is 15.2 Å². The summed E-state index contributed by atoms with van der Waals surface area (Å²) >= 11 is 7.28. The van der Waals surface area contributed by atoms with Crippen LogP contribution in [0, 0.1) is 0 Å². The second kappa shape index (κ2) is 12.6. The lowest BCUT2D eigenvalue weighted by molar-refractivity contribution is -0.129. The fraction of sp³-hybridized carbons (Fsp3) is 0.304. The first-order valence-corrected chi connectivity index (χ1v) is 12.2. The standard InChI is InChI=1S/C23H23ClF3N5O2S/c1-2-31(20-14-32(29-21(20)24)18-9-6-11-28-13-18)22(33)19(16-35-12-10-23(25,26)27)30-34-15-17-7-4-3-5-8-17/h3-9,11,13-14H,2,10,12,15-16H2,1H3. The van der Waals surface area contributed by atoms with Gasteiger partial charge in [-0.25, -0.2) is 4.68 Å². The number of hydrogen-bond donors (Lipinski definition) is 0. The first kappa shape index (κ1) is 26.6. The first-order valence-electron chi connectivity index (χ1n) is 10.6. The molecule has 3 rings (SSSR count). The van der Waals surface area contributed by atoms with Crippen LogP contribution in [0.15, 0.2) is 66.2 Å². The Kier molecular flexibility index (Phi) is 9.55. The molecule has 0 aliphatic carbocycles. The molecule has 0 spiro atoms. The van der Waals surface area contributed by atoms with Gasteiger partial charge >= 0.3 is 6.18 Å². The van der Waals surface area contributed by atoms with E-state index in [1.165, 1.54) is 9.58 Å². The molecule has 0 aliphatic heterocycles. The molecule has 0 radical (unpaired) electrons. The van der Waals surface area contributed by atoms with Crippen molar-refractivity contribution in [2.45, 2.75) is 26.1 Å². The number of oxime groups is 1. The third-order valence-electron chi connectivity index (χ3n) is 4.68. The van der Waals surface area contributed by atoms with Crippen molar-refractivity contribution in [3.63, 3.8) is 0 Å². The van der Waals surface area contributed by atoms with Crippen molar-refractivity contribution in [1.82, 2.24) is 14.8 Å². The summed E-state index contributed by atoms with van der Waals surface area (Å²) in [6.45, 7) is 2.08. The Labute approximate surface area is 209 Å². The normalized spacial score (nSPS) is 12.0. The van der Waals surface area contributed by atoms with Crippen LogP contribution < -0.4 is 4.90 Å². The number of aromatic nitrogens is 3. The first-order chi connectivity index (χ1) is 16.8. The average Bonchev–Trinajstić information content (AvgIpc) is 3.23. The highest BCUT2D eigenvalue weighted by molar-refractivity contribution is 8.00. The van der Waals surface area contributed by atoms with Gasteiger partial charge in [0, 0.05) is 24.2 Å². The summed E-state index contributed by atoms with van der Waals surface area (Å²) in [5.41, 5.74) is 1.78. The molecule has 3 aromatic rings. The van der Waals surface area contributed by atoms with Crippen molar-refractivity contribution in [3.8, 4) is 5.69 Å². The van der Waals surface area contributed by atoms with Crippen LogP contribution in [0.25, 0.3) is 5.69 Å². The van der Waals surface area contributed by atoms with Crippen LogP contribution in [0.4, 0.5) is 18.9 Å². The van der Waals surface area contributed by atoms with Gasteiger partial charge in [-0.3, -0.25) is 9.78 Å². The molecule has 0 saturated carbocycles. The number of carbonyl (C=O) groups excluding carboxylic acids is 1. The van der Waals surface area contributed by atoms with Crippen LogP contribution in [0.5, 0.6) is 0 Å². The molecule has 0 fully saturated rings. The fourth-order valence-electron chi connectivity index (χ4n) is 2.97. The second-order valence-corrected chi connectivity index (χ2v) is 8.69. The summed E-state index contributed by atoms with van der Waals surface area (Å²) < 4.78 is 39.1. The molecule has 0 saturated heterocycles. The molecule has 7 nitrogen and oxygen atoms in total. The molecule has 0 N–H and O–H groups in total. The number of pyridine rings is 1. The minimum absolute atomic E-state index is 0.0276. The molecule has 35 heavy (non-hydrogen) atoms. The Balaban J connectivity index is 1.79. The van der Waals surface area contributed by atoms with Crippen molar-refractivity contribution in [3.05, 3.63) is 71.8 Å². The molecule has 0 bridgehead atoms. The Hall–Kier alpha value is -3.05. The summed E-state index contributed by atoms with van der Waals surface area (Å²) in [4.78, 5) is 24.2. The van der Waals surface area contributed by atoms with E-state index in [1.54, 1.807) is 37.6 Å². The van der Waals surface area contributed by atoms with Crippen LogP contribution in [0.3, 0.4) is 0 Å². The van der Waals surface area contributed by atoms with Gasteiger partial charge < -0.3 is 9.74 Å². The summed E-state index contributed by atoms with van der Waals surface area (Å²) in [7, 11) is 0. The predicted molar refractivity (Wildman–Crippen MR) is 131 cm³/mol. The summed E-state index contributed by atoms with van der Waals surface area (Å²) in [6, 6.07) is 12.7. The zero-order valence-corrected chi connectivity index (χ0v) is 20.4. The third kappa shape index (κ3) is 8.00. The monoisotopic (exact) mass is 525 g/mol. The number of carbonyl (C=O) groups is 1. The Morgan fingerprint density at radius 1 is 1.23 bits per heavy atom. The van der Waals surface area contributed by atoms with Gasteiger partial charge in [0.25, 0.3) is 5.91 Å². The molecule has 0 unspecified atom stereocenters. The molecule has 0 atom stereocenters. The van der Waals surface area contributed by atoms with E-state index in [0.29, 0.717) is 11.4 Å². The number of anilines is 1. The van der Waals surface area contributed by atoms with Crippen LogP contribution in [-0.4, -0.2) is 50.6 Å². The Morgan fingerprint density at radius 2 is 2.00 bits per heavy atom. The van der Waals surface area contributed by atoms with E-state index in [1.807, 2.05) is 30.3 Å². The number of hydrogen-bond acceptors (Lipinski definition) is 6. The quantitative estimate of drug-likeness (QED) is 0.187. The molecule has 0 aliphatic rings. The lowest BCUT2D eigenvalue weighted by Gasteiger charge is -2.20. The highest BCUT2D eigenvalue weighted by atomic mass is 35.5. The van der Waals surface area contributed by atoms with Crippen molar-refractivity contribution >= 4 is 40.7 Å². The number of thioether (sulfide) groups is 1. The van der Waals surface area contributed by atoms with Crippen molar-refractivity contribution in [2.24, 2.45) is 5.16 Å². The SMILES string of the molecule is CCN(C(=O)C(CSCCC(F)(F)F)=NOCc1ccccc1)c1cn(-c2cccnc2)nc1Cl. The molecular formula is C23H23ClF3N5O2S. The maximum atomic E-state index is 13.4. The largest absolute Gasteiger partial charge is 0.391 e. The molecule has 12 heteroatoms. The lowest BCUT2D eigenvalue weighted by Crippen LogP contribution is -2.38. The van der Waals surface area contributed by atoms with Crippen molar-refractivity contribution in [2.75, 3.05) is 23.0 Å². The van der Waals surface area contributed by atoms with Gasteiger partial charge in [-0.1, -0.05) is 47.1 Å². The Morgan fingerprint density at radius 3 is 2.66 bits per heavy atom. The number of alkyl halides is 3. The molecule has 1 amide bonds. The van der Waals surface area contributed by atoms with E-state index < -0.39 is 18.5 Å². The third-order valence-corrected chi connectivity index (χ3v) is 5.92. The van der Waals surface area contributed by atoms with Crippen LogP contribution in [-0.2, 0) is 16.2 Å². The van der Waals surface area contributed by atoms with Gasteiger partial charge in [0.1, 0.15) is 12.3 Å². The Bertz CT molecular complexity index is 1130. The van der Waals surface area contributed by atoms with Crippen LogP contribution in [0.1, 0.15) is 18.9 Å². The number of nitrogens with zero attached hydrogens (tertiary/aromatic N) is 5. The van der Waals surface area contributed by atoms with E-state index in [4.69, 9.17) is 16.4 Å². The molecule has 1 aromatic carbocycles. The van der Waals surface area contributed by atoms with E-state index in [0.717, 1.165) is 17.3 Å². The molecule has 2 aromatic heterocycles. The zero-order valence-electron chi connectivity index (χ0n) is 18.8. The van der Waals surface area contributed by atoms with E-state index in [-0.39, 0.29) is 35.5 Å². The maximum absolute atomic E-state index is 13.4. The zero-order chi connectivity index (χ0) is 25.3. The predicted octanol–water partition coefficient (Wildman–Crippen LogP) is 5.53. The molecule has 2 heterocycles. The molecular weight excluding hydrogens is 503 g/mol. The molecule has 186 valence electrons. The number of benzene rings is 1. The highest BCUT2D eigenvalue weighted by Gasteiger charge is 2.28. The summed E-state index contributed by atoms with van der Waals surface area (Å²) in [5.74, 6) is -0.804. The highest BCUT2D eigenvalue weighted by Crippen LogP contribution is 2.27. The van der Waals surface area contributed by atoms with Gasteiger partial charge in [0.05, 0.1) is 24.5 Å². The minimum atomic E-state index is -4.28. The fourth-order valence-corrected chi connectivity index (χ4v) is 4.09. The smallest absolute Gasteiger partial charge is 0.389 e. The average molecular weight is 526 g/mol. The van der Waals surface area contributed by atoms with Crippen molar-refractivity contribution < 1.29 is 22.8 Å².